The van der Waals surface area contributed by atoms with Crippen LogP contribution >= 0.6 is 11.8 Å². The number of Topliss-reactive ketones (excluding diaryl/α,β-unsaturated/α-hetero) is 1. The summed E-state index contributed by atoms with van der Waals surface area (Å²) in [6, 6.07) is -0.745. The number of rotatable bonds is 20. The molecule has 36 heavy (non-hydrogen) atoms. The SMILES string of the molecule is CC(=O)C(N)CSC(CC(=O)O)C(=O)NCc1cn(CCOCCOCCOCCC(C)(C)C)nn1. The number of carboxylic acids is 1. The molecule has 0 saturated heterocycles. The van der Waals surface area contributed by atoms with Crippen molar-refractivity contribution in [1.29, 1.82) is 0 Å². The monoisotopic (exact) mass is 531 g/mol. The Labute approximate surface area is 217 Å². The van der Waals surface area contributed by atoms with Crippen LogP contribution in [0, 0.1) is 5.41 Å². The van der Waals surface area contributed by atoms with Crippen molar-refractivity contribution in [2.45, 2.75) is 64.9 Å². The van der Waals surface area contributed by atoms with Crippen molar-refractivity contribution in [3.05, 3.63) is 11.9 Å². The van der Waals surface area contributed by atoms with Gasteiger partial charge in [0.05, 0.1) is 70.0 Å². The molecule has 0 aliphatic carbocycles. The van der Waals surface area contributed by atoms with Gasteiger partial charge in [-0.2, -0.15) is 0 Å². The van der Waals surface area contributed by atoms with E-state index in [1.54, 1.807) is 10.9 Å². The lowest BCUT2D eigenvalue weighted by Crippen LogP contribution is -2.37. The number of aliphatic carboxylic acids is 1. The van der Waals surface area contributed by atoms with Gasteiger partial charge < -0.3 is 30.4 Å². The lowest BCUT2D eigenvalue weighted by molar-refractivity contribution is -0.138. The van der Waals surface area contributed by atoms with E-state index in [1.165, 1.54) is 6.92 Å². The number of hydrogen-bond donors (Lipinski definition) is 3. The van der Waals surface area contributed by atoms with Crippen LogP contribution in [0.25, 0.3) is 0 Å². The van der Waals surface area contributed by atoms with Gasteiger partial charge in [-0.05, 0) is 18.8 Å². The first-order valence-corrected chi connectivity index (χ1v) is 13.0. The molecule has 13 heteroatoms. The van der Waals surface area contributed by atoms with Gasteiger partial charge in [0.25, 0.3) is 0 Å². The summed E-state index contributed by atoms with van der Waals surface area (Å²) in [6.45, 7) is 11.7. The van der Waals surface area contributed by atoms with E-state index in [1.807, 2.05) is 0 Å². The second-order valence-corrected chi connectivity index (χ2v) is 10.7. The lowest BCUT2D eigenvalue weighted by Gasteiger charge is -2.17. The third kappa shape index (κ3) is 15.8. The van der Waals surface area contributed by atoms with Crippen LogP contribution in [0.1, 0.15) is 46.2 Å². The molecule has 1 heterocycles. The maximum absolute atomic E-state index is 12.4. The Morgan fingerprint density at radius 1 is 1.11 bits per heavy atom. The van der Waals surface area contributed by atoms with E-state index in [4.69, 9.17) is 25.1 Å². The smallest absolute Gasteiger partial charge is 0.305 e. The van der Waals surface area contributed by atoms with E-state index in [2.05, 4.69) is 36.4 Å². The standard InChI is InChI=1S/C23H41N5O7S/c1-17(29)19(24)16-36-20(13-21(30)31)22(32)25-14-18-15-28(27-26-18)6-8-34-10-12-35-11-9-33-7-5-23(2,3)4/h15,19-20H,5-14,16,24H2,1-4H3,(H,25,32)(H,30,31). The summed E-state index contributed by atoms with van der Waals surface area (Å²) in [5.41, 5.74) is 6.47. The fourth-order valence-electron chi connectivity index (χ4n) is 2.62. The number of ketones is 1. The van der Waals surface area contributed by atoms with Crippen LogP contribution in [0.5, 0.6) is 0 Å². The maximum atomic E-state index is 12.4. The Morgan fingerprint density at radius 2 is 1.72 bits per heavy atom. The van der Waals surface area contributed by atoms with Gasteiger partial charge in [-0.25, -0.2) is 4.68 Å². The van der Waals surface area contributed by atoms with Crippen LogP contribution in [0.4, 0.5) is 0 Å². The Bertz CT molecular complexity index is 800. The molecular formula is C23H41N5O7S. The van der Waals surface area contributed by atoms with Crippen LogP contribution in [0.15, 0.2) is 6.20 Å². The number of hydrogen-bond acceptors (Lipinski definition) is 10. The van der Waals surface area contributed by atoms with E-state index < -0.39 is 23.2 Å². The summed E-state index contributed by atoms with van der Waals surface area (Å²) in [7, 11) is 0. The highest BCUT2D eigenvalue weighted by atomic mass is 32.2. The lowest BCUT2D eigenvalue weighted by atomic mass is 9.93. The van der Waals surface area contributed by atoms with Gasteiger partial charge in [-0.15, -0.1) is 16.9 Å². The van der Waals surface area contributed by atoms with Crippen molar-refractivity contribution in [3.8, 4) is 0 Å². The first-order valence-electron chi connectivity index (χ1n) is 12.0. The molecule has 1 amide bonds. The zero-order chi connectivity index (χ0) is 27.0. The first kappa shape index (κ1) is 32.0. The van der Waals surface area contributed by atoms with Gasteiger partial charge in [0, 0.05) is 12.4 Å². The van der Waals surface area contributed by atoms with Crippen LogP contribution in [0.3, 0.4) is 0 Å². The fraction of sp³-hybridized carbons (Fsp3) is 0.783. The largest absolute Gasteiger partial charge is 0.481 e. The third-order valence-electron chi connectivity index (χ3n) is 4.89. The van der Waals surface area contributed by atoms with E-state index in [9.17, 15) is 14.4 Å². The third-order valence-corrected chi connectivity index (χ3v) is 6.22. The predicted molar refractivity (Wildman–Crippen MR) is 136 cm³/mol. The van der Waals surface area contributed by atoms with Crippen LogP contribution in [0.2, 0.25) is 0 Å². The minimum atomic E-state index is -1.11. The summed E-state index contributed by atoms with van der Waals surface area (Å²) < 4.78 is 18.1. The molecule has 0 fully saturated rings. The maximum Gasteiger partial charge on any atom is 0.305 e. The zero-order valence-corrected chi connectivity index (χ0v) is 22.6. The average Bonchev–Trinajstić information content (AvgIpc) is 3.25. The highest BCUT2D eigenvalue weighted by Crippen LogP contribution is 2.18. The number of ether oxygens (including phenoxy) is 3. The minimum absolute atomic E-state index is 0.0980. The highest BCUT2D eigenvalue weighted by Gasteiger charge is 2.24. The van der Waals surface area contributed by atoms with E-state index in [-0.39, 0.29) is 29.9 Å². The molecule has 12 nitrogen and oxygen atoms in total. The van der Waals surface area contributed by atoms with Gasteiger partial charge in [-0.1, -0.05) is 26.0 Å². The van der Waals surface area contributed by atoms with Gasteiger partial charge in [0.15, 0.2) is 0 Å². The van der Waals surface area contributed by atoms with Gasteiger partial charge in [-0.3, -0.25) is 14.4 Å². The van der Waals surface area contributed by atoms with Gasteiger partial charge in [0.2, 0.25) is 5.91 Å². The van der Waals surface area contributed by atoms with Crippen molar-refractivity contribution in [2.75, 3.05) is 45.4 Å². The Morgan fingerprint density at radius 3 is 2.31 bits per heavy atom. The molecule has 0 aromatic carbocycles. The van der Waals surface area contributed by atoms with Crippen LogP contribution < -0.4 is 11.1 Å². The molecule has 0 aliphatic heterocycles. The van der Waals surface area contributed by atoms with Crippen molar-refractivity contribution in [3.63, 3.8) is 0 Å². The highest BCUT2D eigenvalue weighted by molar-refractivity contribution is 8.00. The quantitative estimate of drug-likeness (QED) is 0.204. The molecule has 2 atom stereocenters. The van der Waals surface area contributed by atoms with Gasteiger partial charge >= 0.3 is 5.97 Å². The number of amides is 1. The molecular weight excluding hydrogens is 490 g/mol. The van der Waals surface area contributed by atoms with E-state index >= 15 is 0 Å². The summed E-state index contributed by atoms with van der Waals surface area (Å²) in [5.74, 6) is -1.63. The second-order valence-electron chi connectivity index (χ2n) is 9.48. The first-order chi connectivity index (χ1) is 17.0. The van der Waals surface area contributed by atoms with Crippen molar-refractivity contribution in [2.24, 2.45) is 11.1 Å². The van der Waals surface area contributed by atoms with Crippen LogP contribution in [-0.2, 0) is 41.7 Å². The zero-order valence-electron chi connectivity index (χ0n) is 21.7. The molecule has 4 N–H and O–H groups in total. The molecule has 0 radical (unpaired) electrons. The Balaban J connectivity index is 2.21. The number of carbonyl (C=O) groups is 3. The summed E-state index contributed by atoms with van der Waals surface area (Å²) >= 11 is 1.05. The van der Waals surface area contributed by atoms with Crippen molar-refractivity contribution < 1.29 is 33.7 Å². The molecule has 206 valence electrons. The topological polar surface area (TPSA) is 168 Å². The molecule has 0 bridgehead atoms. The fourth-order valence-corrected chi connectivity index (χ4v) is 3.79. The number of nitrogens with two attached hydrogens (primary N) is 1. The minimum Gasteiger partial charge on any atom is -0.481 e. The number of aromatic nitrogens is 3. The van der Waals surface area contributed by atoms with Gasteiger partial charge in [0.1, 0.15) is 11.5 Å². The summed E-state index contributed by atoms with van der Waals surface area (Å²) in [4.78, 5) is 34.8. The molecule has 0 saturated carbocycles. The number of carbonyl (C=O) groups excluding carboxylic acids is 2. The Hall–Kier alpha value is -2.06. The molecule has 2 unspecified atom stereocenters. The molecule has 0 spiro atoms. The number of nitrogens with one attached hydrogen (secondary N) is 1. The number of thioether (sulfide) groups is 1. The molecule has 1 rings (SSSR count). The van der Waals surface area contributed by atoms with E-state index in [0.717, 1.165) is 24.8 Å². The van der Waals surface area contributed by atoms with E-state index in [0.29, 0.717) is 45.3 Å². The molecule has 1 aromatic rings. The normalized spacial score (nSPS) is 13.4. The summed E-state index contributed by atoms with van der Waals surface area (Å²) in [5, 5.41) is 18.9. The molecule has 0 aliphatic rings. The molecule has 1 aromatic heterocycles. The van der Waals surface area contributed by atoms with Crippen LogP contribution in [-0.4, -0.2) is 94.4 Å². The second kappa shape index (κ2) is 17.4. The van der Waals surface area contributed by atoms with Crippen molar-refractivity contribution >= 4 is 29.4 Å². The number of nitrogens with zero attached hydrogens (tertiary/aromatic N) is 3. The summed E-state index contributed by atoms with van der Waals surface area (Å²) in [6.07, 6.45) is 2.31. The number of carboxylic acid groups (broad SMARTS) is 1. The van der Waals surface area contributed by atoms with Crippen molar-refractivity contribution in [1.82, 2.24) is 20.3 Å². The Kier molecular flexibility index (Phi) is 15.5. The average molecular weight is 532 g/mol. The predicted octanol–water partition coefficient (Wildman–Crippen LogP) is 0.873.